The predicted octanol–water partition coefficient (Wildman–Crippen LogP) is 1.75. The molecule has 0 aromatic heterocycles. The molecule has 13 heavy (non-hydrogen) atoms. The minimum Gasteiger partial charge on any atom is -0.366 e. The summed E-state index contributed by atoms with van der Waals surface area (Å²) >= 11 is 0. The predicted molar refractivity (Wildman–Crippen MR) is 54.0 cm³/mol. The van der Waals surface area contributed by atoms with Crippen molar-refractivity contribution in [3.8, 4) is 0 Å². The van der Waals surface area contributed by atoms with E-state index in [1.165, 1.54) is 11.6 Å². The van der Waals surface area contributed by atoms with Crippen molar-refractivity contribution < 1.29 is 4.79 Å². The van der Waals surface area contributed by atoms with Gasteiger partial charge < -0.3 is 5.73 Å². The Morgan fingerprint density at radius 1 is 1.54 bits per heavy atom. The van der Waals surface area contributed by atoms with Crippen LogP contribution in [0.5, 0.6) is 0 Å². The Balaban J connectivity index is 2.83. The van der Waals surface area contributed by atoms with Gasteiger partial charge >= 0.3 is 0 Å². The molecular formula is C11H13NO. The Bertz CT molecular complexity index is 329. The highest BCUT2D eigenvalue weighted by Gasteiger charge is 1.90. The van der Waals surface area contributed by atoms with Crippen LogP contribution in [0.25, 0.3) is 6.08 Å². The number of benzene rings is 1. The molecule has 0 aliphatic carbocycles. The Morgan fingerprint density at radius 3 is 2.92 bits per heavy atom. The fourth-order valence-corrected chi connectivity index (χ4v) is 1.10. The summed E-state index contributed by atoms with van der Waals surface area (Å²) in [6.07, 6.45) is 4.09. The van der Waals surface area contributed by atoms with Gasteiger partial charge in [0.2, 0.25) is 5.91 Å². The Labute approximate surface area is 78.1 Å². The van der Waals surface area contributed by atoms with Gasteiger partial charge in [-0.3, -0.25) is 4.79 Å². The van der Waals surface area contributed by atoms with Crippen molar-refractivity contribution >= 4 is 12.0 Å². The van der Waals surface area contributed by atoms with Crippen molar-refractivity contribution in [2.75, 3.05) is 0 Å². The van der Waals surface area contributed by atoms with Crippen LogP contribution < -0.4 is 5.73 Å². The van der Waals surface area contributed by atoms with Gasteiger partial charge in [0.05, 0.1) is 0 Å². The van der Waals surface area contributed by atoms with E-state index >= 15 is 0 Å². The fourth-order valence-electron chi connectivity index (χ4n) is 1.10. The molecule has 2 heteroatoms. The van der Waals surface area contributed by atoms with Crippen molar-refractivity contribution in [2.24, 2.45) is 5.73 Å². The van der Waals surface area contributed by atoms with E-state index in [4.69, 9.17) is 5.73 Å². The second-order valence-corrected chi connectivity index (χ2v) is 2.83. The van der Waals surface area contributed by atoms with Gasteiger partial charge in [0.15, 0.2) is 0 Å². The minimum absolute atomic E-state index is 0.415. The molecule has 0 fully saturated rings. The van der Waals surface area contributed by atoms with E-state index in [0.29, 0.717) is 0 Å². The summed E-state index contributed by atoms with van der Waals surface area (Å²) in [4.78, 5) is 10.5. The lowest BCUT2D eigenvalue weighted by molar-refractivity contribution is -0.113. The lowest BCUT2D eigenvalue weighted by Gasteiger charge is -1.97. The first-order chi connectivity index (χ1) is 6.22. The molecule has 0 saturated heterocycles. The topological polar surface area (TPSA) is 43.1 Å². The lowest BCUT2D eigenvalue weighted by atomic mass is 10.1. The summed E-state index contributed by atoms with van der Waals surface area (Å²) in [5, 5.41) is 0. The summed E-state index contributed by atoms with van der Waals surface area (Å²) in [5.41, 5.74) is 7.25. The maximum atomic E-state index is 10.5. The maximum absolute atomic E-state index is 10.5. The first kappa shape index (κ1) is 9.52. The van der Waals surface area contributed by atoms with Gasteiger partial charge in [0.1, 0.15) is 0 Å². The second-order valence-electron chi connectivity index (χ2n) is 2.83. The van der Waals surface area contributed by atoms with Crippen molar-refractivity contribution in [1.82, 2.24) is 0 Å². The Kier molecular flexibility index (Phi) is 3.26. The third-order valence-electron chi connectivity index (χ3n) is 1.80. The van der Waals surface area contributed by atoms with E-state index in [1.54, 1.807) is 6.08 Å². The quantitative estimate of drug-likeness (QED) is 0.699. The van der Waals surface area contributed by atoms with Gasteiger partial charge in [0, 0.05) is 6.08 Å². The molecule has 0 atom stereocenters. The fraction of sp³-hybridized carbons (Fsp3) is 0.182. The number of nitrogens with two attached hydrogens (primary N) is 1. The third-order valence-corrected chi connectivity index (χ3v) is 1.80. The molecule has 0 aliphatic rings. The maximum Gasteiger partial charge on any atom is 0.241 e. The van der Waals surface area contributed by atoms with E-state index in [0.717, 1.165) is 12.0 Å². The number of amides is 1. The standard InChI is InChI=1S/C11H13NO/c1-2-9-4-3-5-10(8-9)6-7-11(12)13/h3-8H,2H2,1H3,(H2,12,13)/b7-6-. The number of hydrogen-bond acceptors (Lipinski definition) is 1. The van der Waals surface area contributed by atoms with E-state index in [1.807, 2.05) is 18.2 Å². The molecule has 2 N–H and O–H groups in total. The molecule has 68 valence electrons. The molecule has 0 saturated carbocycles. The van der Waals surface area contributed by atoms with Crippen molar-refractivity contribution in [3.05, 3.63) is 41.5 Å². The van der Waals surface area contributed by atoms with Crippen LogP contribution in [0.15, 0.2) is 30.3 Å². The molecule has 1 rings (SSSR count). The summed E-state index contributed by atoms with van der Waals surface area (Å²) < 4.78 is 0. The monoisotopic (exact) mass is 175 g/mol. The first-order valence-corrected chi connectivity index (χ1v) is 4.29. The van der Waals surface area contributed by atoms with Gasteiger partial charge in [-0.1, -0.05) is 31.2 Å². The van der Waals surface area contributed by atoms with Crippen LogP contribution in [0.2, 0.25) is 0 Å². The van der Waals surface area contributed by atoms with E-state index in [-0.39, 0.29) is 0 Å². The summed E-state index contributed by atoms with van der Waals surface area (Å²) in [5.74, 6) is -0.415. The normalized spacial score (nSPS) is 10.5. The van der Waals surface area contributed by atoms with Crippen molar-refractivity contribution in [3.63, 3.8) is 0 Å². The third kappa shape index (κ3) is 3.11. The molecule has 0 radical (unpaired) electrons. The second kappa shape index (κ2) is 4.45. The zero-order valence-electron chi connectivity index (χ0n) is 7.66. The van der Waals surface area contributed by atoms with Gasteiger partial charge in [-0.25, -0.2) is 0 Å². The van der Waals surface area contributed by atoms with Gasteiger partial charge in [-0.2, -0.15) is 0 Å². The minimum atomic E-state index is -0.415. The number of primary amides is 1. The molecule has 0 unspecified atom stereocenters. The van der Waals surface area contributed by atoms with Crippen LogP contribution in [0.1, 0.15) is 18.1 Å². The van der Waals surface area contributed by atoms with E-state index in [9.17, 15) is 4.79 Å². The highest BCUT2D eigenvalue weighted by Crippen LogP contribution is 2.07. The number of rotatable bonds is 3. The Morgan fingerprint density at radius 2 is 2.31 bits per heavy atom. The first-order valence-electron chi connectivity index (χ1n) is 4.29. The smallest absolute Gasteiger partial charge is 0.241 e. The summed E-state index contributed by atoms with van der Waals surface area (Å²) in [6.45, 7) is 2.09. The largest absolute Gasteiger partial charge is 0.366 e. The van der Waals surface area contributed by atoms with E-state index < -0.39 is 5.91 Å². The molecule has 1 aromatic carbocycles. The molecular weight excluding hydrogens is 162 g/mol. The van der Waals surface area contributed by atoms with Gasteiger partial charge in [-0.05, 0) is 23.6 Å². The van der Waals surface area contributed by atoms with Crippen LogP contribution >= 0.6 is 0 Å². The SMILES string of the molecule is CCc1cccc(/C=C\C(N)=O)c1. The molecule has 0 bridgehead atoms. The summed E-state index contributed by atoms with van der Waals surface area (Å²) in [6, 6.07) is 8.01. The summed E-state index contributed by atoms with van der Waals surface area (Å²) in [7, 11) is 0. The average Bonchev–Trinajstić information content (AvgIpc) is 2.15. The molecule has 1 aromatic rings. The number of carbonyl (C=O) groups is 1. The van der Waals surface area contributed by atoms with Crippen molar-refractivity contribution in [1.29, 1.82) is 0 Å². The van der Waals surface area contributed by atoms with Crippen LogP contribution in [0.4, 0.5) is 0 Å². The molecule has 0 heterocycles. The van der Waals surface area contributed by atoms with Crippen LogP contribution in [-0.2, 0) is 11.2 Å². The zero-order chi connectivity index (χ0) is 9.68. The van der Waals surface area contributed by atoms with Crippen LogP contribution in [0.3, 0.4) is 0 Å². The molecule has 2 nitrogen and oxygen atoms in total. The van der Waals surface area contributed by atoms with E-state index in [2.05, 4.69) is 13.0 Å². The van der Waals surface area contributed by atoms with Gasteiger partial charge in [0.25, 0.3) is 0 Å². The number of aryl methyl sites for hydroxylation is 1. The lowest BCUT2D eigenvalue weighted by Crippen LogP contribution is -2.05. The molecule has 1 amide bonds. The van der Waals surface area contributed by atoms with Gasteiger partial charge in [-0.15, -0.1) is 0 Å². The van der Waals surface area contributed by atoms with Crippen molar-refractivity contribution in [2.45, 2.75) is 13.3 Å². The number of carbonyl (C=O) groups excluding carboxylic acids is 1. The molecule has 0 spiro atoms. The van der Waals surface area contributed by atoms with Crippen LogP contribution in [0, 0.1) is 0 Å². The average molecular weight is 175 g/mol. The highest BCUT2D eigenvalue weighted by molar-refractivity contribution is 5.90. The number of hydrogen-bond donors (Lipinski definition) is 1. The Hall–Kier alpha value is -1.57. The highest BCUT2D eigenvalue weighted by atomic mass is 16.1. The zero-order valence-corrected chi connectivity index (χ0v) is 7.66. The molecule has 0 aliphatic heterocycles. The van der Waals surface area contributed by atoms with Crippen LogP contribution in [-0.4, -0.2) is 5.91 Å².